The third-order valence-electron chi connectivity index (χ3n) is 6.94. The lowest BCUT2D eigenvalue weighted by atomic mass is 9.70. The first kappa shape index (κ1) is 16.4. The summed E-state index contributed by atoms with van der Waals surface area (Å²) >= 11 is 6.60. The minimum Gasteiger partial charge on any atom is -0.0837 e. The SMILES string of the molecule is Clc1cccc2cc3c(cc12)-c1ccccc1C31c2ccccc2-c2ccccc21. The summed E-state index contributed by atoms with van der Waals surface area (Å²) in [5, 5.41) is 3.11. The van der Waals surface area contributed by atoms with Crippen molar-refractivity contribution in [1.29, 1.82) is 0 Å². The summed E-state index contributed by atoms with van der Waals surface area (Å²) in [6.45, 7) is 0. The van der Waals surface area contributed by atoms with E-state index in [9.17, 15) is 0 Å². The molecule has 0 unspecified atom stereocenters. The molecule has 1 spiro atoms. The van der Waals surface area contributed by atoms with Crippen LogP contribution in [0.1, 0.15) is 22.3 Å². The zero-order valence-corrected chi connectivity index (χ0v) is 16.9. The molecule has 2 aliphatic carbocycles. The van der Waals surface area contributed by atoms with Crippen molar-refractivity contribution in [1.82, 2.24) is 0 Å². The van der Waals surface area contributed by atoms with E-state index in [1.165, 1.54) is 49.9 Å². The lowest BCUT2D eigenvalue weighted by Gasteiger charge is -2.30. The minimum absolute atomic E-state index is 0.282. The molecule has 0 atom stereocenters. The van der Waals surface area contributed by atoms with Gasteiger partial charge in [0.2, 0.25) is 0 Å². The van der Waals surface area contributed by atoms with Crippen molar-refractivity contribution in [2.24, 2.45) is 0 Å². The zero-order chi connectivity index (χ0) is 19.9. The number of hydrogen-bond acceptors (Lipinski definition) is 0. The van der Waals surface area contributed by atoms with Crippen molar-refractivity contribution in [3.63, 3.8) is 0 Å². The van der Waals surface area contributed by atoms with Crippen LogP contribution >= 0.6 is 11.6 Å². The quantitative estimate of drug-likeness (QED) is 0.243. The third-order valence-corrected chi connectivity index (χ3v) is 7.27. The van der Waals surface area contributed by atoms with E-state index in [1.54, 1.807) is 0 Å². The standard InChI is InChI=1S/C29H17Cl/c30-28-15-7-8-18-16-27-23(17-22(18)28)21-11-3-6-14-26(21)29(27)24-12-4-1-9-19(24)20-10-2-5-13-25(20)29/h1-17H. The Morgan fingerprint density at radius 2 is 1.00 bits per heavy atom. The highest BCUT2D eigenvalue weighted by molar-refractivity contribution is 6.35. The van der Waals surface area contributed by atoms with E-state index >= 15 is 0 Å². The molecule has 0 aliphatic heterocycles. The second-order valence-electron chi connectivity index (χ2n) is 8.25. The molecule has 2 aliphatic rings. The van der Waals surface area contributed by atoms with E-state index in [-0.39, 0.29) is 5.41 Å². The third kappa shape index (κ3) is 1.79. The Morgan fingerprint density at radius 3 is 1.60 bits per heavy atom. The van der Waals surface area contributed by atoms with E-state index < -0.39 is 0 Å². The van der Waals surface area contributed by atoms with Gasteiger partial charge >= 0.3 is 0 Å². The van der Waals surface area contributed by atoms with Gasteiger partial charge in [0, 0.05) is 10.4 Å². The molecule has 0 heterocycles. The van der Waals surface area contributed by atoms with Crippen LogP contribution in [-0.2, 0) is 5.41 Å². The molecule has 0 N–H and O–H groups in total. The number of hydrogen-bond donors (Lipinski definition) is 0. The van der Waals surface area contributed by atoms with E-state index in [0.29, 0.717) is 0 Å². The predicted octanol–water partition coefficient (Wildman–Crippen LogP) is 7.84. The largest absolute Gasteiger partial charge is 0.0837 e. The Bertz CT molecular complexity index is 1460. The fourth-order valence-corrected chi connectivity index (χ4v) is 6.06. The Labute approximate surface area is 180 Å². The first-order chi connectivity index (χ1) is 14.8. The van der Waals surface area contributed by atoms with Gasteiger partial charge in [-0.05, 0) is 68.1 Å². The molecule has 0 aromatic heterocycles. The molecule has 0 radical (unpaired) electrons. The van der Waals surface area contributed by atoms with Gasteiger partial charge in [0.25, 0.3) is 0 Å². The molecule has 140 valence electrons. The summed E-state index contributed by atoms with van der Waals surface area (Å²) in [5.74, 6) is 0. The topological polar surface area (TPSA) is 0 Å². The van der Waals surface area contributed by atoms with E-state index in [2.05, 4.69) is 91.0 Å². The summed E-state index contributed by atoms with van der Waals surface area (Å²) in [5.41, 5.74) is 10.5. The maximum Gasteiger partial charge on any atom is 0.0725 e. The van der Waals surface area contributed by atoms with Crippen LogP contribution in [0.15, 0.2) is 103 Å². The maximum atomic E-state index is 6.60. The van der Waals surface area contributed by atoms with Crippen molar-refractivity contribution in [3.8, 4) is 22.3 Å². The molecular formula is C29H17Cl. The summed E-state index contributed by atoms with van der Waals surface area (Å²) < 4.78 is 0. The van der Waals surface area contributed by atoms with Crippen molar-refractivity contribution >= 4 is 22.4 Å². The average molecular weight is 401 g/mol. The van der Waals surface area contributed by atoms with Gasteiger partial charge < -0.3 is 0 Å². The zero-order valence-electron chi connectivity index (χ0n) is 16.2. The van der Waals surface area contributed by atoms with Crippen molar-refractivity contribution in [2.45, 2.75) is 5.41 Å². The molecular weight excluding hydrogens is 384 g/mol. The molecule has 0 fully saturated rings. The van der Waals surface area contributed by atoms with Gasteiger partial charge in [-0.25, -0.2) is 0 Å². The first-order valence-electron chi connectivity index (χ1n) is 10.3. The van der Waals surface area contributed by atoms with Crippen LogP contribution in [0.25, 0.3) is 33.0 Å². The second kappa shape index (κ2) is 5.62. The van der Waals surface area contributed by atoms with Gasteiger partial charge in [-0.3, -0.25) is 0 Å². The molecule has 1 heteroatoms. The fourth-order valence-electron chi connectivity index (χ4n) is 5.83. The van der Waals surface area contributed by atoms with Crippen molar-refractivity contribution < 1.29 is 0 Å². The first-order valence-corrected chi connectivity index (χ1v) is 10.7. The molecule has 5 aromatic rings. The Balaban J connectivity index is 1.73. The summed E-state index contributed by atoms with van der Waals surface area (Å²) in [4.78, 5) is 0. The van der Waals surface area contributed by atoms with Gasteiger partial charge in [0.15, 0.2) is 0 Å². The average Bonchev–Trinajstić information content (AvgIpc) is 3.25. The molecule has 0 nitrogen and oxygen atoms in total. The molecule has 30 heavy (non-hydrogen) atoms. The second-order valence-corrected chi connectivity index (χ2v) is 8.65. The molecule has 7 rings (SSSR count). The normalized spacial score (nSPS) is 14.4. The van der Waals surface area contributed by atoms with Crippen molar-refractivity contribution in [3.05, 3.63) is 130 Å². The molecule has 0 saturated heterocycles. The van der Waals surface area contributed by atoms with Gasteiger partial charge in [-0.2, -0.15) is 0 Å². The Kier molecular flexibility index (Phi) is 3.08. The minimum atomic E-state index is -0.282. The number of benzene rings is 5. The van der Waals surface area contributed by atoms with Gasteiger partial charge in [-0.1, -0.05) is 96.5 Å². The monoisotopic (exact) mass is 400 g/mol. The Hall–Kier alpha value is -3.35. The van der Waals surface area contributed by atoms with E-state index in [0.717, 1.165) is 10.4 Å². The summed E-state index contributed by atoms with van der Waals surface area (Å²) in [6.07, 6.45) is 0. The van der Waals surface area contributed by atoms with Gasteiger partial charge in [-0.15, -0.1) is 0 Å². The lowest BCUT2D eigenvalue weighted by molar-refractivity contribution is 0.795. The molecule has 0 amide bonds. The molecule has 0 bridgehead atoms. The van der Waals surface area contributed by atoms with Crippen LogP contribution in [-0.4, -0.2) is 0 Å². The maximum absolute atomic E-state index is 6.60. The Morgan fingerprint density at radius 1 is 0.467 bits per heavy atom. The lowest BCUT2D eigenvalue weighted by Crippen LogP contribution is -2.25. The van der Waals surface area contributed by atoms with Crippen molar-refractivity contribution in [2.75, 3.05) is 0 Å². The highest BCUT2D eigenvalue weighted by Crippen LogP contribution is 2.63. The number of fused-ring (bicyclic) bond motifs is 11. The van der Waals surface area contributed by atoms with Crippen LogP contribution in [0.5, 0.6) is 0 Å². The van der Waals surface area contributed by atoms with Crippen LogP contribution < -0.4 is 0 Å². The highest BCUT2D eigenvalue weighted by Gasteiger charge is 2.51. The highest BCUT2D eigenvalue weighted by atomic mass is 35.5. The van der Waals surface area contributed by atoms with E-state index in [4.69, 9.17) is 11.6 Å². The van der Waals surface area contributed by atoms with Crippen LogP contribution in [0.3, 0.4) is 0 Å². The van der Waals surface area contributed by atoms with Crippen LogP contribution in [0, 0.1) is 0 Å². The molecule has 0 saturated carbocycles. The van der Waals surface area contributed by atoms with Crippen LogP contribution in [0.4, 0.5) is 0 Å². The summed E-state index contributed by atoms with van der Waals surface area (Å²) in [7, 11) is 0. The van der Waals surface area contributed by atoms with Gasteiger partial charge in [0.05, 0.1) is 5.41 Å². The molecule has 5 aromatic carbocycles. The number of rotatable bonds is 0. The smallest absolute Gasteiger partial charge is 0.0725 e. The van der Waals surface area contributed by atoms with Gasteiger partial charge in [0.1, 0.15) is 0 Å². The summed E-state index contributed by atoms with van der Waals surface area (Å²) in [6, 6.07) is 37.5. The predicted molar refractivity (Wildman–Crippen MR) is 125 cm³/mol. The number of halogens is 1. The van der Waals surface area contributed by atoms with E-state index in [1.807, 2.05) is 12.1 Å². The fraction of sp³-hybridized carbons (Fsp3) is 0.0345. The van der Waals surface area contributed by atoms with Crippen LogP contribution in [0.2, 0.25) is 5.02 Å².